The number of carbonyl (C=O) groups excluding carboxylic acids is 1. The summed E-state index contributed by atoms with van der Waals surface area (Å²) in [5, 5.41) is 0. The van der Waals surface area contributed by atoms with Gasteiger partial charge < -0.3 is 4.74 Å². The van der Waals surface area contributed by atoms with Gasteiger partial charge in [0.05, 0.1) is 6.10 Å². The molecule has 1 unspecified atom stereocenters. The molecule has 1 atom stereocenters. The number of rotatable bonds is 9. The first kappa shape index (κ1) is 14.5. The Morgan fingerprint density at radius 2 is 1.67 bits per heavy atom. The molecule has 0 aromatic heterocycles. The molecular weight excluding hydrogens is 188 g/mol. The highest BCUT2D eigenvalue weighted by atomic mass is 16.5. The molecule has 0 spiro atoms. The maximum Gasteiger partial charge on any atom is 0.306 e. The third-order valence-corrected chi connectivity index (χ3v) is 2.64. The largest absolute Gasteiger partial charge is 0.463 e. The monoisotopic (exact) mass is 214 g/mol. The van der Waals surface area contributed by atoms with Crippen LogP contribution in [0.2, 0.25) is 0 Å². The van der Waals surface area contributed by atoms with Crippen LogP contribution in [0.4, 0.5) is 0 Å². The molecule has 0 aliphatic heterocycles. The van der Waals surface area contributed by atoms with Crippen LogP contribution in [0.1, 0.15) is 72.1 Å². The summed E-state index contributed by atoms with van der Waals surface area (Å²) < 4.78 is 5.19. The zero-order valence-corrected chi connectivity index (χ0v) is 10.6. The molecular formula is C13H26O2. The van der Waals surface area contributed by atoms with Crippen LogP contribution in [0, 0.1) is 0 Å². The van der Waals surface area contributed by atoms with E-state index in [-0.39, 0.29) is 12.1 Å². The van der Waals surface area contributed by atoms with Gasteiger partial charge in [0.15, 0.2) is 0 Å². The fraction of sp³-hybridized carbons (Fsp3) is 0.923. The average molecular weight is 214 g/mol. The zero-order chi connectivity index (χ0) is 11.5. The molecule has 0 fully saturated rings. The van der Waals surface area contributed by atoms with E-state index in [0.29, 0.717) is 6.42 Å². The topological polar surface area (TPSA) is 26.3 Å². The van der Waals surface area contributed by atoms with Crippen molar-refractivity contribution >= 4 is 5.97 Å². The van der Waals surface area contributed by atoms with Gasteiger partial charge in [-0.3, -0.25) is 4.79 Å². The lowest BCUT2D eigenvalue weighted by Gasteiger charge is -2.10. The van der Waals surface area contributed by atoms with Crippen molar-refractivity contribution in [2.45, 2.75) is 78.2 Å². The predicted octanol–water partition coefficient (Wildman–Crippen LogP) is 4.08. The normalized spacial score (nSPS) is 12.5. The summed E-state index contributed by atoms with van der Waals surface area (Å²) in [6.45, 7) is 6.19. The van der Waals surface area contributed by atoms with Gasteiger partial charge in [-0.05, 0) is 19.8 Å². The number of unbranched alkanes of at least 4 members (excludes halogenated alkanes) is 5. The summed E-state index contributed by atoms with van der Waals surface area (Å²) >= 11 is 0. The SMILES string of the molecule is CCCCCCCCC(=O)OC(C)CC. The molecule has 0 aromatic rings. The van der Waals surface area contributed by atoms with Crippen molar-refractivity contribution in [3.63, 3.8) is 0 Å². The van der Waals surface area contributed by atoms with Crippen molar-refractivity contribution in [1.82, 2.24) is 0 Å². The maximum absolute atomic E-state index is 11.3. The third kappa shape index (κ3) is 9.77. The van der Waals surface area contributed by atoms with Crippen LogP contribution in [-0.2, 0) is 9.53 Å². The van der Waals surface area contributed by atoms with Crippen molar-refractivity contribution in [1.29, 1.82) is 0 Å². The molecule has 0 heterocycles. The fourth-order valence-corrected chi connectivity index (χ4v) is 1.42. The fourth-order valence-electron chi connectivity index (χ4n) is 1.42. The van der Waals surface area contributed by atoms with E-state index >= 15 is 0 Å². The van der Waals surface area contributed by atoms with Crippen LogP contribution in [-0.4, -0.2) is 12.1 Å². The number of hydrogen-bond donors (Lipinski definition) is 0. The summed E-state index contributed by atoms with van der Waals surface area (Å²) in [5.41, 5.74) is 0. The minimum Gasteiger partial charge on any atom is -0.463 e. The quantitative estimate of drug-likeness (QED) is 0.427. The lowest BCUT2D eigenvalue weighted by atomic mass is 10.1. The molecule has 0 aliphatic carbocycles. The van der Waals surface area contributed by atoms with E-state index in [9.17, 15) is 4.79 Å². The van der Waals surface area contributed by atoms with Crippen LogP contribution >= 0.6 is 0 Å². The van der Waals surface area contributed by atoms with Gasteiger partial charge in [0.1, 0.15) is 0 Å². The number of carbonyl (C=O) groups is 1. The standard InChI is InChI=1S/C13H26O2/c1-4-6-7-8-9-10-11-13(14)15-12(3)5-2/h12H,4-11H2,1-3H3. The summed E-state index contributed by atoms with van der Waals surface area (Å²) in [7, 11) is 0. The van der Waals surface area contributed by atoms with E-state index in [1.165, 1.54) is 25.7 Å². The van der Waals surface area contributed by atoms with Gasteiger partial charge in [-0.1, -0.05) is 46.0 Å². The van der Waals surface area contributed by atoms with E-state index in [2.05, 4.69) is 6.92 Å². The van der Waals surface area contributed by atoms with E-state index in [1.807, 2.05) is 13.8 Å². The Morgan fingerprint density at radius 1 is 1.07 bits per heavy atom. The molecule has 0 aromatic carbocycles. The third-order valence-electron chi connectivity index (χ3n) is 2.64. The first-order valence-corrected chi connectivity index (χ1v) is 6.40. The molecule has 0 saturated carbocycles. The Hall–Kier alpha value is -0.530. The number of hydrogen-bond acceptors (Lipinski definition) is 2. The highest BCUT2D eigenvalue weighted by Gasteiger charge is 2.06. The molecule has 0 bridgehead atoms. The molecule has 0 saturated heterocycles. The van der Waals surface area contributed by atoms with Gasteiger partial charge in [-0.25, -0.2) is 0 Å². The lowest BCUT2D eigenvalue weighted by molar-refractivity contribution is -0.148. The first-order chi connectivity index (χ1) is 7.20. The highest BCUT2D eigenvalue weighted by Crippen LogP contribution is 2.08. The zero-order valence-electron chi connectivity index (χ0n) is 10.6. The van der Waals surface area contributed by atoms with E-state index in [0.717, 1.165) is 19.3 Å². The van der Waals surface area contributed by atoms with Crippen molar-refractivity contribution < 1.29 is 9.53 Å². The summed E-state index contributed by atoms with van der Waals surface area (Å²) in [5.74, 6) is -0.0279. The minimum atomic E-state index is -0.0279. The molecule has 2 heteroatoms. The van der Waals surface area contributed by atoms with E-state index < -0.39 is 0 Å². The summed E-state index contributed by atoms with van der Waals surface area (Å²) in [4.78, 5) is 11.3. The predicted molar refractivity (Wildman–Crippen MR) is 63.8 cm³/mol. The van der Waals surface area contributed by atoms with Gasteiger partial charge in [-0.15, -0.1) is 0 Å². The summed E-state index contributed by atoms with van der Waals surface area (Å²) in [6.07, 6.45) is 8.87. The van der Waals surface area contributed by atoms with Crippen molar-refractivity contribution in [2.24, 2.45) is 0 Å². The summed E-state index contributed by atoms with van der Waals surface area (Å²) in [6, 6.07) is 0. The average Bonchev–Trinajstić information content (AvgIpc) is 2.23. The van der Waals surface area contributed by atoms with Gasteiger partial charge in [0.2, 0.25) is 0 Å². The molecule has 15 heavy (non-hydrogen) atoms. The van der Waals surface area contributed by atoms with Gasteiger partial charge >= 0.3 is 5.97 Å². The maximum atomic E-state index is 11.3. The molecule has 0 aliphatic rings. The van der Waals surface area contributed by atoms with Gasteiger partial charge in [0.25, 0.3) is 0 Å². The van der Waals surface area contributed by atoms with Crippen molar-refractivity contribution in [3.05, 3.63) is 0 Å². The Bertz CT molecular complexity index is 155. The van der Waals surface area contributed by atoms with Crippen LogP contribution in [0.15, 0.2) is 0 Å². The Kier molecular flexibility index (Phi) is 9.65. The molecule has 0 amide bonds. The molecule has 2 nitrogen and oxygen atoms in total. The smallest absolute Gasteiger partial charge is 0.306 e. The van der Waals surface area contributed by atoms with E-state index in [1.54, 1.807) is 0 Å². The van der Waals surface area contributed by atoms with Crippen molar-refractivity contribution in [3.8, 4) is 0 Å². The Balaban J connectivity index is 3.24. The molecule has 0 N–H and O–H groups in total. The number of ether oxygens (including phenoxy) is 1. The first-order valence-electron chi connectivity index (χ1n) is 6.40. The van der Waals surface area contributed by atoms with Crippen molar-refractivity contribution in [2.75, 3.05) is 0 Å². The number of esters is 1. The van der Waals surface area contributed by atoms with Crippen LogP contribution in [0.25, 0.3) is 0 Å². The molecule has 0 radical (unpaired) electrons. The second-order valence-corrected chi connectivity index (χ2v) is 4.23. The molecule has 0 rings (SSSR count). The van der Waals surface area contributed by atoms with E-state index in [4.69, 9.17) is 4.74 Å². The lowest BCUT2D eigenvalue weighted by Crippen LogP contribution is -2.13. The van der Waals surface area contributed by atoms with Gasteiger partial charge in [-0.2, -0.15) is 0 Å². The van der Waals surface area contributed by atoms with Crippen LogP contribution in [0.5, 0.6) is 0 Å². The van der Waals surface area contributed by atoms with Gasteiger partial charge in [0, 0.05) is 6.42 Å². The van der Waals surface area contributed by atoms with Crippen LogP contribution in [0.3, 0.4) is 0 Å². The minimum absolute atomic E-state index is 0.0279. The second-order valence-electron chi connectivity index (χ2n) is 4.23. The Labute approximate surface area is 94.4 Å². The Morgan fingerprint density at radius 3 is 2.27 bits per heavy atom. The second kappa shape index (κ2) is 10.0. The highest BCUT2D eigenvalue weighted by molar-refractivity contribution is 5.69. The molecule has 90 valence electrons. The van der Waals surface area contributed by atoms with Crippen LogP contribution < -0.4 is 0 Å².